The average molecular weight is 200 g/mol. The van der Waals surface area contributed by atoms with E-state index in [4.69, 9.17) is 5.73 Å². The first kappa shape index (κ1) is 8.98. The molecule has 1 heterocycles. The molecule has 0 aliphatic heterocycles. The summed E-state index contributed by atoms with van der Waals surface area (Å²) in [5.74, 6) is 0. The smallest absolute Gasteiger partial charge is 0.0477 e. The van der Waals surface area contributed by atoms with Crippen LogP contribution in [0.2, 0.25) is 0 Å². The summed E-state index contributed by atoms with van der Waals surface area (Å²) < 4.78 is 2.14. The minimum Gasteiger partial charge on any atom is -0.351 e. The first-order valence-corrected chi connectivity index (χ1v) is 5.53. The number of benzene rings is 1. The lowest BCUT2D eigenvalue weighted by atomic mass is 9.72. The lowest BCUT2D eigenvalue weighted by Gasteiger charge is -2.38. The van der Waals surface area contributed by atoms with Crippen LogP contribution in [0.3, 0.4) is 0 Å². The Morgan fingerprint density at radius 1 is 1.27 bits per heavy atom. The van der Waals surface area contributed by atoms with Gasteiger partial charge in [0.2, 0.25) is 0 Å². The Kier molecular flexibility index (Phi) is 1.71. The van der Waals surface area contributed by atoms with Crippen LogP contribution in [0.25, 0.3) is 10.9 Å². The molecule has 0 bridgehead atoms. The summed E-state index contributed by atoms with van der Waals surface area (Å²) in [6, 6.07) is 8.76. The minimum absolute atomic E-state index is 0.0377. The Bertz CT molecular complexity index is 506. The molecule has 1 saturated carbocycles. The van der Waals surface area contributed by atoms with Gasteiger partial charge in [-0.05, 0) is 48.4 Å². The van der Waals surface area contributed by atoms with Gasteiger partial charge < -0.3 is 10.3 Å². The minimum atomic E-state index is -0.0377. The third-order valence-corrected chi connectivity index (χ3v) is 3.71. The molecule has 15 heavy (non-hydrogen) atoms. The van der Waals surface area contributed by atoms with E-state index in [1.807, 2.05) is 0 Å². The molecular weight excluding hydrogens is 184 g/mol. The van der Waals surface area contributed by atoms with Gasteiger partial charge in [-0.15, -0.1) is 0 Å². The molecule has 1 aromatic heterocycles. The average Bonchev–Trinajstić information content (AvgIpc) is 2.56. The van der Waals surface area contributed by atoms with E-state index in [-0.39, 0.29) is 5.54 Å². The Balaban J connectivity index is 2.14. The maximum atomic E-state index is 6.32. The number of nitrogens with two attached hydrogens (primary N) is 1. The van der Waals surface area contributed by atoms with Crippen LogP contribution in [0.15, 0.2) is 30.5 Å². The largest absolute Gasteiger partial charge is 0.351 e. The molecular formula is C13H16N2. The van der Waals surface area contributed by atoms with Gasteiger partial charge >= 0.3 is 0 Å². The summed E-state index contributed by atoms with van der Waals surface area (Å²) in [4.78, 5) is 0. The van der Waals surface area contributed by atoms with Gasteiger partial charge in [0.15, 0.2) is 0 Å². The number of nitrogens with zero attached hydrogens (tertiary/aromatic N) is 1. The van der Waals surface area contributed by atoms with Crippen molar-refractivity contribution in [1.29, 1.82) is 0 Å². The summed E-state index contributed by atoms with van der Waals surface area (Å²) in [7, 11) is 2.07. The molecule has 1 aliphatic carbocycles. The number of fused-ring (bicyclic) bond motifs is 1. The van der Waals surface area contributed by atoms with Gasteiger partial charge in [0.25, 0.3) is 0 Å². The van der Waals surface area contributed by atoms with Crippen molar-refractivity contribution in [3.05, 3.63) is 36.0 Å². The van der Waals surface area contributed by atoms with E-state index in [0.29, 0.717) is 0 Å². The van der Waals surface area contributed by atoms with Gasteiger partial charge in [-0.25, -0.2) is 0 Å². The molecule has 1 fully saturated rings. The summed E-state index contributed by atoms with van der Waals surface area (Å²) in [5.41, 5.74) is 8.86. The van der Waals surface area contributed by atoms with Crippen LogP contribution in [-0.4, -0.2) is 4.57 Å². The van der Waals surface area contributed by atoms with Crippen LogP contribution < -0.4 is 5.73 Å². The zero-order chi connectivity index (χ0) is 10.5. The zero-order valence-electron chi connectivity index (χ0n) is 9.03. The summed E-state index contributed by atoms with van der Waals surface area (Å²) in [5, 5.41) is 1.30. The van der Waals surface area contributed by atoms with E-state index in [1.54, 1.807) is 0 Å². The second-order valence-electron chi connectivity index (χ2n) is 4.71. The second-order valence-corrected chi connectivity index (χ2v) is 4.71. The quantitative estimate of drug-likeness (QED) is 0.753. The fourth-order valence-electron chi connectivity index (χ4n) is 2.44. The summed E-state index contributed by atoms with van der Waals surface area (Å²) in [6.07, 6.45) is 5.62. The highest BCUT2D eigenvalue weighted by Gasteiger charge is 2.34. The number of aryl methyl sites for hydroxylation is 1. The molecule has 2 nitrogen and oxygen atoms in total. The van der Waals surface area contributed by atoms with Crippen LogP contribution in [0.5, 0.6) is 0 Å². The molecule has 1 aromatic carbocycles. The highest BCUT2D eigenvalue weighted by molar-refractivity contribution is 5.81. The van der Waals surface area contributed by atoms with E-state index in [1.165, 1.54) is 22.9 Å². The van der Waals surface area contributed by atoms with E-state index in [0.717, 1.165) is 12.8 Å². The van der Waals surface area contributed by atoms with Gasteiger partial charge in [-0.3, -0.25) is 0 Å². The Morgan fingerprint density at radius 3 is 2.73 bits per heavy atom. The Labute approximate surface area is 89.7 Å². The molecule has 0 saturated heterocycles. The maximum absolute atomic E-state index is 6.32. The molecule has 0 unspecified atom stereocenters. The summed E-state index contributed by atoms with van der Waals surface area (Å²) >= 11 is 0. The van der Waals surface area contributed by atoms with Crippen LogP contribution in [0.4, 0.5) is 0 Å². The molecule has 1 aliphatic rings. The number of hydrogen-bond acceptors (Lipinski definition) is 1. The van der Waals surface area contributed by atoms with Gasteiger partial charge in [0.05, 0.1) is 0 Å². The first-order chi connectivity index (χ1) is 7.19. The van der Waals surface area contributed by atoms with Crippen molar-refractivity contribution in [3.8, 4) is 0 Å². The lowest BCUT2D eigenvalue weighted by Crippen LogP contribution is -2.43. The second kappa shape index (κ2) is 2.86. The predicted molar refractivity (Wildman–Crippen MR) is 62.6 cm³/mol. The van der Waals surface area contributed by atoms with E-state index in [9.17, 15) is 0 Å². The van der Waals surface area contributed by atoms with E-state index in [2.05, 4.69) is 42.1 Å². The highest BCUT2D eigenvalue weighted by Crippen LogP contribution is 2.39. The number of aromatic nitrogens is 1. The molecule has 78 valence electrons. The Hall–Kier alpha value is -1.28. The van der Waals surface area contributed by atoms with Crippen LogP contribution in [0, 0.1) is 0 Å². The highest BCUT2D eigenvalue weighted by atomic mass is 14.9. The molecule has 0 radical (unpaired) electrons. The first-order valence-electron chi connectivity index (χ1n) is 5.53. The normalized spacial score (nSPS) is 19.1. The van der Waals surface area contributed by atoms with Crippen LogP contribution >= 0.6 is 0 Å². The molecule has 2 aromatic rings. The SMILES string of the molecule is Cn1ccc2cc(C3(N)CCC3)ccc21. The number of rotatable bonds is 1. The number of hydrogen-bond donors (Lipinski definition) is 1. The van der Waals surface area contributed by atoms with Crippen LogP contribution in [0.1, 0.15) is 24.8 Å². The summed E-state index contributed by atoms with van der Waals surface area (Å²) in [6.45, 7) is 0. The van der Waals surface area contributed by atoms with E-state index >= 15 is 0 Å². The van der Waals surface area contributed by atoms with Gasteiger partial charge in [0, 0.05) is 24.3 Å². The van der Waals surface area contributed by atoms with Crippen molar-refractivity contribution >= 4 is 10.9 Å². The van der Waals surface area contributed by atoms with Gasteiger partial charge in [-0.2, -0.15) is 0 Å². The van der Waals surface area contributed by atoms with Crippen molar-refractivity contribution < 1.29 is 0 Å². The maximum Gasteiger partial charge on any atom is 0.0477 e. The Morgan fingerprint density at radius 2 is 2.07 bits per heavy atom. The standard InChI is InChI=1S/C13H16N2/c1-15-8-5-10-9-11(3-4-12(10)15)13(14)6-2-7-13/h3-5,8-9H,2,6-7,14H2,1H3. The monoisotopic (exact) mass is 200 g/mol. The van der Waals surface area contributed by atoms with Crippen molar-refractivity contribution in [2.75, 3.05) is 0 Å². The van der Waals surface area contributed by atoms with Crippen molar-refractivity contribution in [1.82, 2.24) is 4.57 Å². The molecule has 0 spiro atoms. The zero-order valence-corrected chi connectivity index (χ0v) is 9.03. The van der Waals surface area contributed by atoms with Gasteiger partial charge in [0.1, 0.15) is 0 Å². The molecule has 0 amide bonds. The molecule has 3 rings (SSSR count). The fraction of sp³-hybridized carbons (Fsp3) is 0.385. The lowest BCUT2D eigenvalue weighted by molar-refractivity contribution is 0.254. The fourth-order valence-corrected chi connectivity index (χ4v) is 2.44. The topological polar surface area (TPSA) is 30.9 Å². The van der Waals surface area contributed by atoms with Crippen LogP contribution in [-0.2, 0) is 12.6 Å². The predicted octanol–water partition coefficient (Wildman–Crippen LogP) is 2.52. The molecule has 2 N–H and O–H groups in total. The van der Waals surface area contributed by atoms with Gasteiger partial charge in [-0.1, -0.05) is 6.07 Å². The molecule has 0 atom stereocenters. The third-order valence-electron chi connectivity index (χ3n) is 3.71. The molecule has 2 heteroatoms. The van der Waals surface area contributed by atoms with Crippen molar-refractivity contribution in [2.24, 2.45) is 12.8 Å². The third kappa shape index (κ3) is 1.21. The van der Waals surface area contributed by atoms with Crippen molar-refractivity contribution in [3.63, 3.8) is 0 Å². The van der Waals surface area contributed by atoms with E-state index < -0.39 is 0 Å². The van der Waals surface area contributed by atoms with Crippen molar-refractivity contribution in [2.45, 2.75) is 24.8 Å².